The van der Waals surface area contributed by atoms with E-state index in [-0.39, 0.29) is 5.82 Å². The van der Waals surface area contributed by atoms with Crippen molar-refractivity contribution in [1.29, 1.82) is 0 Å². The van der Waals surface area contributed by atoms with Gasteiger partial charge < -0.3 is 0 Å². The monoisotopic (exact) mass is 306 g/mol. The minimum Gasteiger partial charge on any atom is -0.297 e. The van der Waals surface area contributed by atoms with E-state index in [2.05, 4.69) is 11.6 Å². The SMILES string of the molecule is C=C/C=C(C(=O)c1ncc2ccccn12)\C(=C/C)C(F)(F)F. The average molecular weight is 306 g/mol. The van der Waals surface area contributed by atoms with Crippen molar-refractivity contribution in [2.75, 3.05) is 0 Å². The van der Waals surface area contributed by atoms with Crippen LogP contribution < -0.4 is 0 Å². The summed E-state index contributed by atoms with van der Waals surface area (Å²) in [6.07, 6.45) is 1.44. The Bertz CT molecular complexity index is 782. The van der Waals surface area contributed by atoms with E-state index in [4.69, 9.17) is 0 Å². The number of hydrogen-bond donors (Lipinski definition) is 0. The first-order valence-corrected chi connectivity index (χ1v) is 6.43. The highest BCUT2D eigenvalue weighted by atomic mass is 19.4. The van der Waals surface area contributed by atoms with E-state index >= 15 is 0 Å². The summed E-state index contributed by atoms with van der Waals surface area (Å²) in [5.41, 5.74) is -0.871. The molecule has 0 fully saturated rings. The van der Waals surface area contributed by atoms with Crippen molar-refractivity contribution >= 4 is 11.3 Å². The highest BCUT2D eigenvalue weighted by Gasteiger charge is 2.38. The number of fused-ring (bicyclic) bond motifs is 1. The maximum absolute atomic E-state index is 13.1. The predicted octanol–water partition coefficient (Wildman–Crippen LogP) is 4.14. The number of ketones is 1. The van der Waals surface area contributed by atoms with E-state index in [1.165, 1.54) is 17.5 Å². The van der Waals surface area contributed by atoms with Crippen LogP contribution in [0.5, 0.6) is 0 Å². The van der Waals surface area contributed by atoms with Gasteiger partial charge in [-0.2, -0.15) is 13.2 Å². The molecule has 0 saturated heterocycles. The summed E-state index contributed by atoms with van der Waals surface area (Å²) in [5, 5.41) is 0. The molecule has 0 N–H and O–H groups in total. The Morgan fingerprint density at radius 3 is 2.68 bits per heavy atom. The highest BCUT2D eigenvalue weighted by molar-refractivity contribution is 6.10. The summed E-state index contributed by atoms with van der Waals surface area (Å²) in [7, 11) is 0. The number of imidazole rings is 1. The normalized spacial score (nSPS) is 13.5. The minimum absolute atomic E-state index is 0.0766. The molecule has 2 aromatic rings. The highest BCUT2D eigenvalue weighted by Crippen LogP contribution is 2.32. The lowest BCUT2D eigenvalue weighted by Gasteiger charge is -2.13. The third-order valence-corrected chi connectivity index (χ3v) is 3.06. The second kappa shape index (κ2) is 6.01. The molecule has 0 aliphatic rings. The van der Waals surface area contributed by atoms with Gasteiger partial charge in [0.1, 0.15) is 0 Å². The summed E-state index contributed by atoms with van der Waals surface area (Å²) < 4.78 is 40.7. The molecule has 0 aromatic carbocycles. The Balaban J connectivity index is 2.57. The Morgan fingerprint density at radius 1 is 1.36 bits per heavy atom. The topological polar surface area (TPSA) is 34.4 Å². The van der Waals surface area contributed by atoms with Gasteiger partial charge in [-0.3, -0.25) is 9.20 Å². The second-order valence-electron chi connectivity index (χ2n) is 4.42. The van der Waals surface area contributed by atoms with E-state index in [9.17, 15) is 18.0 Å². The lowest BCUT2D eigenvalue weighted by Crippen LogP contribution is -2.20. The molecular weight excluding hydrogens is 293 g/mol. The van der Waals surface area contributed by atoms with Crippen molar-refractivity contribution in [2.24, 2.45) is 0 Å². The second-order valence-corrected chi connectivity index (χ2v) is 4.42. The number of hydrogen-bond acceptors (Lipinski definition) is 2. The van der Waals surface area contributed by atoms with Gasteiger partial charge in [-0.05, 0) is 19.1 Å². The lowest BCUT2D eigenvalue weighted by atomic mass is 10.00. The Morgan fingerprint density at radius 2 is 2.09 bits per heavy atom. The molecule has 2 heterocycles. The molecule has 22 heavy (non-hydrogen) atoms. The lowest BCUT2D eigenvalue weighted by molar-refractivity contribution is -0.0892. The fourth-order valence-corrected chi connectivity index (χ4v) is 2.11. The van der Waals surface area contributed by atoms with Crippen LogP contribution in [0.25, 0.3) is 5.52 Å². The maximum Gasteiger partial charge on any atom is 0.416 e. The van der Waals surface area contributed by atoms with E-state index < -0.39 is 23.1 Å². The Labute approximate surface area is 125 Å². The number of nitrogens with zero attached hydrogens (tertiary/aromatic N) is 2. The molecule has 2 aromatic heterocycles. The largest absolute Gasteiger partial charge is 0.416 e. The van der Waals surface area contributed by atoms with Crippen LogP contribution in [0.2, 0.25) is 0 Å². The van der Waals surface area contributed by atoms with Crippen LogP contribution in [-0.4, -0.2) is 21.3 Å². The number of halogens is 3. The zero-order valence-corrected chi connectivity index (χ0v) is 11.8. The van der Waals surface area contributed by atoms with Crippen molar-refractivity contribution < 1.29 is 18.0 Å². The number of aromatic nitrogens is 2. The third kappa shape index (κ3) is 2.86. The fraction of sp³-hybridized carbons (Fsp3) is 0.125. The van der Waals surface area contributed by atoms with Crippen LogP contribution in [0.4, 0.5) is 13.2 Å². The number of carbonyl (C=O) groups excluding carboxylic acids is 1. The molecule has 2 rings (SSSR count). The number of pyridine rings is 1. The molecule has 0 unspecified atom stereocenters. The van der Waals surface area contributed by atoms with Crippen LogP contribution >= 0.6 is 0 Å². The zero-order valence-electron chi connectivity index (χ0n) is 11.8. The van der Waals surface area contributed by atoms with Crippen molar-refractivity contribution in [3.8, 4) is 0 Å². The van der Waals surface area contributed by atoms with Crippen molar-refractivity contribution in [3.63, 3.8) is 0 Å². The summed E-state index contributed by atoms with van der Waals surface area (Å²) >= 11 is 0. The van der Waals surface area contributed by atoms with Gasteiger partial charge in [-0.15, -0.1) is 0 Å². The first-order valence-electron chi connectivity index (χ1n) is 6.43. The van der Waals surface area contributed by atoms with Gasteiger partial charge in [0.25, 0.3) is 0 Å². The molecule has 0 aliphatic carbocycles. The standard InChI is InChI=1S/C16H13F3N2O/c1-3-7-12(13(4-2)16(17,18)19)14(22)15-20-10-11-8-5-6-9-21(11)15/h3-10H,1H2,2H3/b12-7+,13-4+. The molecule has 3 nitrogen and oxygen atoms in total. The van der Waals surface area contributed by atoms with Crippen molar-refractivity contribution in [2.45, 2.75) is 13.1 Å². The number of alkyl halides is 3. The molecule has 0 atom stereocenters. The number of Topliss-reactive ketones (excluding diaryl/α,β-unsaturated/α-hetero) is 1. The Kier molecular flexibility index (Phi) is 4.30. The van der Waals surface area contributed by atoms with Crippen LogP contribution in [0.1, 0.15) is 17.5 Å². The van der Waals surface area contributed by atoms with E-state index in [0.717, 1.165) is 18.2 Å². The molecular formula is C16H13F3N2O. The van der Waals surface area contributed by atoms with Gasteiger partial charge in [0, 0.05) is 11.8 Å². The Hall–Kier alpha value is -2.63. The van der Waals surface area contributed by atoms with Crippen molar-refractivity contribution in [3.05, 3.63) is 72.4 Å². The van der Waals surface area contributed by atoms with Gasteiger partial charge in [-0.1, -0.05) is 30.9 Å². The fourth-order valence-electron chi connectivity index (χ4n) is 2.11. The third-order valence-electron chi connectivity index (χ3n) is 3.06. The maximum atomic E-state index is 13.1. The van der Waals surface area contributed by atoms with Crippen LogP contribution in [0.15, 0.2) is 66.5 Å². The quantitative estimate of drug-likeness (QED) is 0.483. The molecule has 6 heteroatoms. The first kappa shape index (κ1) is 15.8. The van der Waals surface area contributed by atoms with E-state index in [1.54, 1.807) is 24.4 Å². The van der Waals surface area contributed by atoms with Crippen LogP contribution in [0, 0.1) is 0 Å². The average Bonchev–Trinajstić information content (AvgIpc) is 2.89. The van der Waals surface area contributed by atoms with Gasteiger partial charge >= 0.3 is 6.18 Å². The molecule has 0 amide bonds. The summed E-state index contributed by atoms with van der Waals surface area (Å²) in [6.45, 7) is 4.61. The molecule has 114 valence electrons. The molecule has 0 bridgehead atoms. The summed E-state index contributed by atoms with van der Waals surface area (Å²) in [6, 6.07) is 5.13. The van der Waals surface area contributed by atoms with Crippen LogP contribution in [0.3, 0.4) is 0 Å². The summed E-state index contributed by atoms with van der Waals surface area (Å²) in [5.74, 6) is -0.885. The molecule has 0 spiro atoms. The number of allylic oxidation sites excluding steroid dienone is 5. The first-order chi connectivity index (χ1) is 10.4. The van der Waals surface area contributed by atoms with Gasteiger partial charge in [0.15, 0.2) is 5.82 Å². The van der Waals surface area contributed by atoms with Gasteiger partial charge in [0.05, 0.1) is 17.3 Å². The molecule has 0 radical (unpaired) electrons. The van der Waals surface area contributed by atoms with Crippen molar-refractivity contribution in [1.82, 2.24) is 9.38 Å². The van der Waals surface area contributed by atoms with E-state index in [1.807, 2.05) is 0 Å². The van der Waals surface area contributed by atoms with Gasteiger partial charge in [-0.25, -0.2) is 4.98 Å². The van der Waals surface area contributed by atoms with Gasteiger partial charge in [0.2, 0.25) is 5.78 Å². The minimum atomic E-state index is -4.63. The molecule has 0 aliphatic heterocycles. The smallest absolute Gasteiger partial charge is 0.297 e. The predicted molar refractivity (Wildman–Crippen MR) is 77.6 cm³/mol. The summed E-state index contributed by atoms with van der Waals surface area (Å²) in [4.78, 5) is 16.5. The number of rotatable bonds is 4. The number of carbonyl (C=O) groups is 1. The zero-order chi connectivity index (χ0) is 16.3. The van der Waals surface area contributed by atoms with Crippen LogP contribution in [-0.2, 0) is 0 Å². The molecule has 0 saturated carbocycles. The van der Waals surface area contributed by atoms with E-state index in [0.29, 0.717) is 5.52 Å².